The van der Waals surface area contributed by atoms with Crippen molar-refractivity contribution in [1.29, 1.82) is 0 Å². The van der Waals surface area contributed by atoms with E-state index < -0.39 is 0 Å². The van der Waals surface area contributed by atoms with Crippen molar-refractivity contribution >= 4 is 5.69 Å². The average Bonchev–Trinajstić information content (AvgIpc) is 2.31. The maximum Gasteiger partial charge on any atom is 0.142 e. The molecule has 1 N–H and O–H groups in total. The molecule has 1 aromatic carbocycles. The van der Waals surface area contributed by atoms with Gasteiger partial charge in [0, 0.05) is 20.3 Å². The van der Waals surface area contributed by atoms with Crippen molar-refractivity contribution in [1.82, 2.24) is 0 Å². The molecule has 0 spiro atoms. The molecule has 0 unspecified atom stereocenters. The third kappa shape index (κ3) is 4.53. The lowest BCUT2D eigenvalue weighted by Gasteiger charge is -2.11. The van der Waals surface area contributed by atoms with Crippen LogP contribution in [0, 0.1) is 0 Å². The Morgan fingerprint density at radius 2 is 2.00 bits per heavy atom. The Morgan fingerprint density at radius 3 is 2.75 bits per heavy atom. The van der Waals surface area contributed by atoms with Crippen LogP contribution in [0.4, 0.5) is 5.69 Å². The summed E-state index contributed by atoms with van der Waals surface area (Å²) in [6.07, 6.45) is 2.19. The summed E-state index contributed by atoms with van der Waals surface area (Å²) in [5, 5.41) is 3.38. The molecule has 0 atom stereocenters. The third-order valence-electron chi connectivity index (χ3n) is 2.28. The number of hydrogen-bond acceptors (Lipinski definition) is 3. The third-order valence-corrected chi connectivity index (χ3v) is 2.28. The molecule has 1 aromatic rings. The number of methoxy groups -OCH3 is 1. The Morgan fingerprint density at radius 1 is 1.19 bits per heavy atom. The minimum absolute atomic E-state index is 0.697. The van der Waals surface area contributed by atoms with Gasteiger partial charge in [-0.05, 0) is 31.9 Å². The van der Waals surface area contributed by atoms with Gasteiger partial charge in [-0.25, -0.2) is 0 Å². The van der Waals surface area contributed by atoms with Gasteiger partial charge in [0.2, 0.25) is 0 Å². The normalized spacial score (nSPS) is 10.1. The highest BCUT2D eigenvalue weighted by atomic mass is 16.5. The quantitative estimate of drug-likeness (QED) is 0.687. The maximum atomic E-state index is 5.53. The first-order valence-corrected chi connectivity index (χ1v) is 5.83. The zero-order valence-corrected chi connectivity index (χ0v) is 10.2. The van der Waals surface area contributed by atoms with Crippen molar-refractivity contribution < 1.29 is 9.47 Å². The van der Waals surface area contributed by atoms with Crippen LogP contribution in [0.15, 0.2) is 24.3 Å². The molecule has 0 aliphatic rings. The molecule has 0 radical (unpaired) electrons. The smallest absolute Gasteiger partial charge is 0.142 e. The first kappa shape index (κ1) is 12.8. The zero-order chi connectivity index (χ0) is 11.6. The zero-order valence-electron chi connectivity index (χ0n) is 10.2. The Bertz CT molecular complexity index is 289. The minimum atomic E-state index is 0.697. The Balaban J connectivity index is 2.34. The highest BCUT2D eigenvalue weighted by Crippen LogP contribution is 2.23. The number of hydrogen-bond donors (Lipinski definition) is 1. The number of benzene rings is 1. The van der Waals surface area contributed by atoms with Crippen molar-refractivity contribution in [2.24, 2.45) is 0 Å². The van der Waals surface area contributed by atoms with Gasteiger partial charge in [0.05, 0.1) is 12.3 Å². The number of ether oxygens (including phenoxy) is 2. The summed E-state index contributed by atoms with van der Waals surface area (Å²) in [6.45, 7) is 4.47. The largest absolute Gasteiger partial charge is 0.492 e. The van der Waals surface area contributed by atoms with E-state index in [-0.39, 0.29) is 0 Å². The van der Waals surface area contributed by atoms with Crippen molar-refractivity contribution in [3.05, 3.63) is 24.3 Å². The summed E-state index contributed by atoms with van der Waals surface area (Å²) in [5.74, 6) is 0.928. The number of nitrogens with one attached hydrogen (secondary N) is 1. The van der Waals surface area contributed by atoms with Crippen LogP contribution in [0.3, 0.4) is 0 Å². The highest BCUT2D eigenvalue weighted by molar-refractivity contribution is 5.56. The van der Waals surface area contributed by atoms with Crippen LogP contribution in [-0.2, 0) is 4.74 Å². The second kappa shape index (κ2) is 7.99. The predicted octanol–water partition coefficient (Wildman–Crippen LogP) is 2.92. The van der Waals surface area contributed by atoms with Gasteiger partial charge in [-0.15, -0.1) is 0 Å². The number of unbranched alkanes of at least 4 members (excludes halogenated alkanes) is 1. The fourth-order valence-electron chi connectivity index (χ4n) is 1.49. The number of rotatable bonds is 8. The van der Waals surface area contributed by atoms with E-state index in [1.165, 1.54) is 0 Å². The summed E-state index contributed by atoms with van der Waals surface area (Å²) in [6, 6.07) is 8.03. The van der Waals surface area contributed by atoms with E-state index in [0.717, 1.165) is 37.4 Å². The molecule has 3 nitrogen and oxygen atoms in total. The summed E-state index contributed by atoms with van der Waals surface area (Å²) >= 11 is 0. The first-order valence-electron chi connectivity index (χ1n) is 5.83. The molecule has 0 saturated heterocycles. The molecule has 0 aliphatic carbocycles. The lowest BCUT2D eigenvalue weighted by atomic mass is 10.2. The van der Waals surface area contributed by atoms with Gasteiger partial charge in [0.15, 0.2) is 0 Å². The summed E-state index contributed by atoms with van der Waals surface area (Å²) in [7, 11) is 1.73. The molecule has 0 aromatic heterocycles. The van der Waals surface area contributed by atoms with Gasteiger partial charge in [0.25, 0.3) is 0 Å². The van der Waals surface area contributed by atoms with Crippen LogP contribution in [0.1, 0.15) is 19.8 Å². The Kier molecular flexibility index (Phi) is 6.42. The van der Waals surface area contributed by atoms with E-state index in [1.54, 1.807) is 7.11 Å². The summed E-state index contributed by atoms with van der Waals surface area (Å²) < 4.78 is 10.5. The fraction of sp³-hybridized carbons (Fsp3) is 0.538. The van der Waals surface area contributed by atoms with Crippen molar-refractivity contribution in [3.8, 4) is 5.75 Å². The molecule has 0 saturated carbocycles. The van der Waals surface area contributed by atoms with E-state index in [9.17, 15) is 0 Å². The van der Waals surface area contributed by atoms with Crippen LogP contribution in [-0.4, -0.2) is 26.9 Å². The second-order valence-electron chi connectivity index (χ2n) is 3.56. The van der Waals surface area contributed by atoms with Crippen LogP contribution in [0.25, 0.3) is 0 Å². The standard InChI is InChI=1S/C13H21NO2/c1-3-16-13-9-5-4-8-12(13)14-10-6-7-11-15-2/h4-5,8-9,14H,3,6-7,10-11H2,1-2H3. The van der Waals surface area contributed by atoms with Gasteiger partial charge in [-0.3, -0.25) is 0 Å². The van der Waals surface area contributed by atoms with Crippen LogP contribution >= 0.6 is 0 Å². The van der Waals surface area contributed by atoms with Gasteiger partial charge in [-0.2, -0.15) is 0 Å². The topological polar surface area (TPSA) is 30.5 Å². The minimum Gasteiger partial charge on any atom is -0.492 e. The van der Waals surface area contributed by atoms with E-state index in [0.29, 0.717) is 6.61 Å². The monoisotopic (exact) mass is 223 g/mol. The lowest BCUT2D eigenvalue weighted by molar-refractivity contribution is 0.194. The maximum absolute atomic E-state index is 5.53. The van der Waals surface area contributed by atoms with E-state index in [4.69, 9.17) is 9.47 Å². The highest BCUT2D eigenvalue weighted by Gasteiger charge is 2.00. The van der Waals surface area contributed by atoms with Crippen molar-refractivity contribution in [3.63, 3.8) is 0 Å². The van der Waals surface area contributed by atoms with Crippen LogP contribution in [0.2, 0.25) is 0 Å². The molecular formula is C13H21NO2. The lowest BCUT2D eigenvalue weighted by Crippen LogP contribution is -2.05. The fourth-order valence-corrected chi connectivity index (χ4v) is 1.49. The van der Waals surface area contributed by atoms with E-state index >= 15 is 0 Å². The van der Waals surface area contributed by atoms with E-state index in [1.807, 2.05) is 31.2 Å². The van der Waals surface area contributed by atoms with Crippen molar-refractivity contribution in [2.75, 3.05) is 32.2 Å². The molecule has 1 rings (SSSR count). The molecule has 3 heteroatoms. The van der Waals surface area contributed by atoms with Crippen molar-refractivity contribution in [2.45, 2.75) is 19.8 Å². The van der Waals surface area contributed by atoms with Gasteiger partial charge >= 0.3 is 0 Å². The molecule has 0 bridgehead atoms. The summed E-state index contributed by atoms with van der Waals surface area (Å²) in [4.78, 5) is 0. The van der Waals surface area contributed by atoms with Gasteiger partial charge in [-0.1, -0.05) is 12.1 Å². The number of para-hydroxylation sites is 2. The SMILES string of the molecule is CCOc1ccccc1NCCCCOC. The Labute approximate surface area is 97.8 Å². The first-order chi connectivity index (χ1) is 7.88. The molecule has 0 fully saturated rings. The van der Waals surface area contributed by atoms with E-state index in [2.05, 4.69) is 5.32 Å². The van der Waals surface area contributed by atoms with Crippen LogP contribution in [0.5, 0.6) is 5.75 Å². The Hall–Kier alpha value is -1.22. The summed E-state index contributed by atoms with van der Waals surface area (Å²) in [5.41, 5.74) is 1.07. The van der Waals surface area contributed by atoms with Crippen LogP contribution < -0.4 is 10.1 Å². The second-order valence-corrected chi connectivity index (χ2v) is 3.56. The molecule has 16 heavy (non-hydrogen) atoms. The molecule has 0 aliphatic heterocycles. The molecule has 0 amide bonds. The number of anilines is 1. The van der Waals surface area contributed by atoms with Gasteiger partial charge in [0.1, 0.15) is 5.75 Å². The average molecular weight is 223 g/mol. The van der Waals surface area contributed by atoms with Gasteiger partial charge < -0.3 is 14.8 Å². The molecular weight excluding hydrogens is 202 g/mol. The predicted molar refractivity (Wildman–Crippen MR) is 67.2 cm³/mol. The molecule has 0 heterocycles. The molecule has 90 valence electrons.